The van der Waals surface area contributed by atoms with Gasteiger partial charge in [0.15, 0.2) is 0 Å². The van der Waals surface area contributed by atoms with Gasteiger partial charge >= 0.3 is 11.9 Å². The van der Waals surface area contributed by atoms with E-state index in [9.17, 15) is 19.7 Å². The lowest BCUT2D eigenvalue weighted by Crippen LogP contribution is -3.10. The van der Waals surface area contributed by atoms with Crippen molar-refractivity contribution in [3.05, 3.63) is 134 Å². The number of non-ortho nitro benzene ring substituents is 1. The number of dihydropyridines is 1. The number of halogens is 1. The molecular weight excluding hydrogens is 618 g/mol. The molecule has 0 aliphatic carbocycles. The van der Waals surface area contributed by atoms with Crippen LogP contribution in [0.25, 0.3) is 0 Å². The fourth-order valence-corrected chi connectivity index (χ4v) is 6.13. The highest BCUT2D eigenvalue weighted by Gasteiger charge is 2.39. The third-order valence-electron chi connectivity index (χ3n) is 8.17. The molecule has 0 radical (unpaired) electrons. The van der Waals surface area contributed by atoms with Crippen molar-refractivity contribution >= 4 is 17.6 Å². The minimum atomic E-state index is -0.908. The number of allylic oxidation sites excluding steroid dienone is 2. The third-order valence-corrected chi connectivity index (χ3v) is 8.17. The van der Waals surface area contributed by atoms with Crippen LogP contribution in [0.1, 0.15) is 69.6 Å². The fraction of sp³-hybridized carbons (Fsp3) is 0.351. The van der Waals surface area contributed by atoms with E-state index in [4.69, 9.17) is 9.47 Å². The summed E-state index contributed by atoms with van der Waals surface area (Å²) in [6.07, 6.45) is 0.0704. The second kappa shape index (κ2) is 16.9. The zero-order chi connectivity index (χ0) is 33.4. The van der Waals surface area contributed by atoms with Gasteiger partial charge in [-0.2, -0.15) is 0 Å². The fourth-order valence-electron chi connectivity index (χ4n) is 6.13. The van der Waals surface area contributed by atoms with Crippen molar-refractivity contribution in [3.8, 4) is 0 Å². The zero-order valence-electron chi connectivity index (χ0n) is 27.8. The standard InChI is InChI=1S/C37H43N3O6.ClH/c1-24(2)45-36(41)33-26(4)38-27(5)34(35(33)30-18-13-19-31(22-30)40(43)44)37(42)46-25(3)23-39(6)21-20-32(28-14-9-7-10-15-28)29-16-11-8-12-17-29;/h7-19,22,24-25,32,35,38H,20-21,23H2,1-6H3;1H. The highest BCUT2D eigenvalue weighted by atomic mass is 35.5. The van der Waals surface area contributed by atoms with Gasteiger partial charge in [0.1, 0.15) is 12.6 Å². The molecular formula is C37H44ClN3O6. The Kier molecular flexibility index (Phi) is 13.3. The van der Waals surface area contributed by atoms with E-state index in [-0.39, 0.29) is 35.2 Å². The molecule has 0 amide bonds. The molecule has 3 aromatic rings. The number of ether oxygens (including phenoxy) is 2. The Labute approximate surface area is 283 Å². The minimum Gasteiger partial charge on any atom is -1.00 e. The van der Waals surface area contributed by atoms with Crippen LogP contribution in [0.5, 0.6) is 0 Å². The average molecular weight is 662 g/mol. The number of carbonyl (C=O) groups is 2. The molecule has 3 aromatic carbocycles. The average Bonchev–Trinajstić information content (AvgIpc) is 3.01. The van der Waals surface area contributed by atoms with Gasteiger partial charge in [0.2, 0.25) is 0 Å². The van der Waals surface area contributed by atoms with E-state index >= 15 is 0 Å². The molecule has 47 heavy (non-hydrogen) atoms. The van der Waals surface area contributed by atoms with Crippen LogP contribution in [-0.4, -0.2) is 49.2 Å². The molecule has 9 nitrogen and oxygen atoms in total. The smallest absolute Gasteiger partial charge is 0.337 e. The Morgan fingerprint density at radius 3 is 1.89 bits per heavy atom. The topological polar surface area (TPSA) is 112 Å². The number of nitrogens with zero attached hydrogens (tertiary/aromatic N) is 1. The summed E-state index contributed by atoms with van der Waals surface area (Å²) < 4.78 is 11.6. The highest BCUT2D eigenvalue weighted by molar-refractivity contribution is 6.00. The lowest BCUT2D eigenvalue weighted by atomic mass is 9.80. The summed E-state index contributed by atoms with van der Waals surface area (Å²) in [5, 5.41) is 14.8. The second-order valence-electron chi connectivity index (χ2n) is 12.2. The van der Waals surface area contributed by atoms with E-state index in [0.29, 0.717) is 23.5 Å². The Morgan fingerprint density at radius 1 is 0.851 bits per heavy atom. The lowest BCUT2D eigenvalue weighted by Gasteiger charge is -2.31. The number of nitrogens with one attached hydrogen (secondary N) is 2. The first-order chi connectivity index (χ1) is 22.0. The van der Waals surface area contributed by atoms with Gasteiger partial charge in [-0.3, -0.25) is 10.1 Å². The Bertz CT molecular complexity index is 1570. The number of hydrogen-bond acceptors (Lipinski definition) is 7. The number of hydrogen-bond donors (Lipinski definition) is 2. The van der Waals surface area contributed by atoms with Crippen molar-refractivity contribution in [2.24, 2.45) is 0 Å². The summed E-state index contributed by atoms with van der Waals surface area (Å²) in [6.45, 7) is 10.2. The van der Waals surface area contributed by atoms with Crippen molar-refractivity contribution in [1.29, 1.82) is 0 Å². The van der Waals surface area contributed by atoms with Crippen molar-refractivity contribution < 1.29 is 41.3 Å². The van der Waals surface area contributed by atoms with Gasteiger partial charge in [0, 0.05) is 35.9 Å². The summed E-state index contributed by atoms with van der Waals surface area (Å²) in [6, 6.07) is 26.9. The Balaban J connectivity index is 0.00000600. The van der Waals surface area contributed by atoms with Crippen LogP contribution in [0.2, 0.25) is 0 Å². The van der Waals surface area contributed by atoms with Crippen molar-refractivity contribution in [2.75, 3.05) is 20.1 Å². The molecule has 3 unspecified atom stereocenters. The van der Waals surface area contributed by atoms with Crippen LogP contribution in [0.15, 0.2) is 107 Å². The van der Waals surface area contributed by atoms with Gasteiger partial charge in [-0.25, -0.2) is 9.59 Å². The quantitative estimate of drug-likeness (QED) is 0.165. The van der Waals surface area contributed by atoms with Crippen LogP contribution >= 0.6 is 0 Å². The first kappa shape index (κ1) is 37.0. The normalized spacial score (nSPS) is 15.9. The summed E-state index contributed by atoms with van der Waals surface area (Å²) in [4.78, 5) is 39.6. The highest BCUT2D eigenvalue weighted by Crippen LogP contribution is 2.40. The number of nitro groups is 1. The Hall–Kier alpha value is -4.47. The lowest BCUT2D eigenvalue weighted by molar-refractivity contribution is -0.882. The molecule has 0 fully saturated rings. The van der Waals surface area contributed by atoms with E-state index < -0.39 is 35.0 Å². The minimum absolute atomic E-state index is 0. The number of nitro benzene ring substituents is 1. The number of benzene rings is 3. The molecule has 2 N–H and O–H groups in total. The molecule has 0 bridgehead atoms. The number of rotatable bonds is 13. The SMILES string of the molecule is CC1=C(C(=O)OC(C)C)C(c2cccc([N+](=O)[O-])c2)C(C(=O)OC(C)C[NH+](C)CCC(c2ccccc2)c2ccccc2)=C(C)N1.[Cl-]. The summed E-state index contributed by atoms with van der Waals surface area (Å²) >= 11 is 0. The molecule has 1 heterocycles. The monoisotopic (exact) mass is 661 g/mol. The maximum Gasteiger partial charge on any atom is 0.337 e. The van der Waals surface area contributed by atoms with Gasteiger partial charge < -0.3 is 32.1 Å². The first-order valence-corrected chi connectivity index (χ1v) is 15.7. The number of likely N-dealkylation sites (N-methyl/N-ethyl adjacent to an activating group) is 1. The maximum atomic E-state index is 13.9. The zero-order valence-corrected chi connectivity index (χ0v) is 28.5. The Morgan fingerprint density at radius 2 is 1.38 bits per heavy atom. The van der Waals surface area contributed by atoms with Crippen molar-refractivity contribution in [3.63, 3.8) is 0 Å². The van der Waals surface area contributed by atoms with E-state index in [2.05, 4.69) is 60.9 Å². The molecule has 1 aliphatic heterocycles. The largest absolute Gasteiger partial charge is 1.00 e. The van der Waals surface area contributed by atoms with Gasteiger partial charge in [0.25, 0.3) is 5.69 Å². The number of carbonyl (C=O) groups excluding carboxylic acids is 2. The summed E-state index contributed by atoms with van der Waals surface area (Å²) in [7, 11) is 2.09. The predicted octanol–water partition coefficient (Wildman–Crippen LogP) is 2.45. The van der Waals surface area contributed by atoms with E-state index in [1.54, 1.807) is 39.8 Å². The molecule has 0 saturated carbocycles. The van der Waals surface area contributed by atoms with Crippen LogP contribution in [0, 0.1) is 10.1 Å². The van der Waals surface area contributed by atoms with Gasteiger partial charge in [-0.05, 0) is 51.3 Å². The molecule has 0 spiro atoms. The van der Waals surface area contributed by atoms with Gasteiger partial charge in [0.05, 0.1) is 41.7 Å². The van der Waals surface area contributed by atoms with Crippen molar-refractivity contribution in [2.45, 2.75) is 65.1 Å². The van der Waals surface area contributed by atoms with Gasteiger partial charge in [-0.15, -0.1) is 0 Å². The van der Waals surface area contributed by atoms with E-state index in [0.717, 1.165) is 13.0 Å². The number of quaternary nitrogens is 1. The molecule has 0 saturated heterocycles. The van der Waals surface area contributed by atoms with Crippen LogP contribution < -0.4 is 22.6 Å². The molecule has 250 valence electrons. The van der Waals surface area contributed by atoms with Crippen molar-refractivity contribution in [1.82, 2.24) is 5.32 Å². The molecule has 0 aromatic heterocycles. The maximum absolute atomic E-state index is 13.9. The van der Waals surface area contributed by atoms with Crippen LogP contribution in [0.4, 0.5) is 5.69 Å². The van der Waals surface area contributed by atoms with E-state index in [1.165, 1.54) is 28.2 Å². The number of esters is 2. The summed E-state index contributed by atoms with van der Waals surface area (Å²) in [5.41, 5.74) is 4.28. The van der Waals surface area contributed by atoms with Gasteiger partial charge in [-0.1, -0.05) is 72.8 Å². The van der Waals surface area contributed by atoms with E-state index in [1.807, 2.05) is 19.1 Å². The molecule has 1 aliphatic rings. The predicted molar refractivity (Wildman–Crippen MR) is 177 cm³/mol. The molecule has 4 rings (SSSR count). The second-order valence-corrected chi connectivity index (χ2v) is 12.2. The molecule has 10 heteroatoms. The first-order valence-electron chi connectivity index (χ1n) is 15.7. The van der Waals surface area contributed by atoms with Crippen LogP contribution in [0.3, 0.4) is 0 Å². The third kappa shape index (κ3) is 9.53. The van der Waals surface area contributed by atoms with Crippen LogP contribution in [-0.2, 0) is 19.1 Å². The summed E-state index contributed by atoms with van der Waals surface area (Å²) in [5.74, 6) is -1.85. The molecule has 3 atom stereocenters.